The van der Waals surface area contributed by atoms with Crippen molar-refractivity contribution in [3.8, 4) is 5.75 Å². The smallest absolute Gasteiger partial charge is 0.273 e. The molecule has 1 aromatic carbocycles. The first-order valence-corrected chi connectivity index (χ1v) is 9.25. The predicted octanol–water partition coefficient (Wildman–Crippen LogP) is 2.17. The summed E-state index contributed by atoms with van der Waals surface area (Å²) < 4.78 is 7.65. The van der Waals surface area contributed by atoms with Gasteiger partial charge in [0.15, 0.2) is 5.69 Å². The lowest BCUT2D eigenvalue weighted by molar-refractivity contribution is 0.0945. The van der Waals surface area contributed by atoms with E-state index in [2.05, 4.69) is 34.8 Å². The molecule has 2 N–H and O–H groups in total. The van der Waals surface area contributed by atoms with E-state index in [1.165, 1.54) is 0 Å². The summed E-state index contributed by atoms with van der Waals surface area (Å²) in [5.74, 6) is 1.03. The van der Waals surface area contributed by atoms with Gasteiger partial charge < -0.3 is 15.4 Å². The van der Waals surface area contributed by atoms with Crippen LogP contribution in [-0.2, 0) is 6.54 Å². The number of carbonyl (C=O) groups is 1. The Balaban J connectivity index is 1.58. The van der Waals surface area contributed by atoms with Crippen LogP contribution >= 0.6 is 0 Å². The first-order valence-electron chi connectivity index (χ1n) is 9.25. The largest absolute Gasteiger partial charge is 0.493 e. The van der Waals surface area contributed by atoms with Crippen molar-refractivity contribution in [3.05, 3.63) is 41.7 Å². The quantitative estimate of drug-likeness (QED) is 0.794. The third-order valence-corrected chi connectivity index (χ3v) is 4.41. The van der Waals surface area contributed by atoms with E-state index in [1.807, 2.05) is 28.9 Å². The molecule has 0 aliphatic carbocycles. The van der Waals surface area contributed by atoms with E-state index in [9.17, 15) is 4.79 Å². The molecule has 0 spiro atoms. The van der Waals surface area contributed by atoms with Gasteiger partial charge in [-0.05, 0) is 37.9 Å². The zero-order valence-corrected chi connectivity index (χ0v) is 15.4. The maximum atomic E-state index is 12.4. The lowest BCUT2D eigenvalue weighted by atomic mass is 10.1. The normalized spacial score (nSPS) is 15.2. The van der Waals surface area contributed by atoms with Gasteiger partial charge in [-0.25, -0.2) is 4.68 Å². The van der Waals surface area contributed by atoms with Gasteiger partial charge in [-0.15, -0.1) is 5.10 Å². The Bertz CT molecular complexity index is 722. The van der Waals surface area contributed by atoms with E-state index >= 15 is 0 Å². The van der Waals surface area contributed by atoms with Crippen LogP contribution in [0.1, 0.15) is 48.8 Å². The molecule has 0 radical (unpaired) electrons. The molecule has 140 valence electrons. The van der Waals surface area contributed by atoms with Crippen LogP contribution in [0.4, 0.5) is 0 Å². The van der Waals surface area contributed by atoms with Crippen molar-refractivity contribution in [1.29, 1.82) is 0 Å². The van der Waals surface area contributed by atoms with Gasteiger partial charge >= 0.3 is 0 Å². The van der Waals surface area contributed by atoms with Gasteiger partial charge in [-0.1, -0.05) is 37.3 Å². The van der Waals surface area contributed by atoms with Crippen LogP contribution < -0.4 is 15.4 Å². The van der Waals surface area contributed by atoms with Crippen LogP contribution in [0.5, 0.6) is 5.75 Å². The minimum atomic E-state index is -0.219. The molecular formula is C19H27N5O2. The molecule has 2 heterocycles. The number of nitrogens with zero attached hydrogens (tertiary/aromatic N) is 3. The molecule has 1 aromatic heterocycles. The summed E-state index contributed by atoms with van der Waals surface area (Å²) in [7, 11) is 0. The maximum Gasteiger partial charge on any atom is 0.273 e. The van der Waals surface area contributed by atoms with Crippen molar-refractivity contribution >= 4 is 5.91 Å². The van der Waals surface area contributed by atoms with E-state index in [1.54, 1.807) is 6.20 Å². The van der Waals surface area contributed by atoms with Crippen molar-refractivity contribution in [2.24, 2.45) is 5.92 Å². The summed E-state index contributed by atoms with van der Waals surface area (Å²) in [5, 5.41) is 14.4. The van der Waals surface area contributed by atoms with E-state index in [-0.39, 0.29) is 5.91 Å². The standard InChI is InChI=1S/C19H27N5O2/c1-14(2)13-26-18-6-4-3-5-15(18)11-21-19(25)17-12-24(23-22-17)16-7-9-20-10-8-16/h3-6,12,14,16,20H,7-11,13H2,1-2H3,(H,21,25). The highest BCUT2D eigenvalue weighted by Crippen LogP contribution is 2.19. The second kappa shape index (κ2) is 8.80. The maximum absolute atomic E-state index is 12.4. The number of aromatic nitrogens is 3. The number of nitrogens with one attached hydrogen (secondary N) is 2. The highest BCUT2D eigenvalue weighted by molar-refractivity contribution is 5.91. The predicted molar refractivity (Wildman–Crippen MR) is 99.1 cm³/mol. The fraction of sp³-hybridized carbons (Fsp3) is 0.526. The van der Waals surface area contributed by atoms with Gasteiger partial charge in [0.25, 0.3) is 5.91 Å². The number of piperidine rings is 1. The molecule has 0 atom stereocenters. The van der Waals surface area contributed by atoms with Gasteiger partial charge in [-0.2, -0.15) is 0 Å². The molecule has 7 heteroatoms. The zero-order chi connectivity index (χ0) is 18.4. The van der Waals surface area contributed by atoms with Crippen molar-refractivity contribution in [1.82, 2.24) is 25.6 Å². The number of hydrogen-bond acceptors (Lipinski definition) is 5. The van der Waals surface area contributed by atoms with Gasteiger partial charge in [0.1, 0.15) is 5.75 Å². The molecule has 0 unspecified atom stereocenters. The summed E-state index contributed by atoms with van der Waals surface area (Å²) in [5.41, 5.74) is 1.30. The summed E-state index contributed by atoms with van der Waals surface area (Å²) in [4.78, 5) is 12.4. The highest BCUT2D eigenvalue weighted by Gasteiger charge is 2.18. The summed E-state index contributed by atoms with van der Waals surface area (Å²) in [6.45, 7) is 7.20. The molecule has 2 aromatic rings. The topological polar surface area (TPSA) is 81.1 Å². The number of hydrogen-bond donors (Lipinski definition) is 2. The molecule has 1 saturated heterocycles. The van der Waals surface area contributed by atoms with Gasteiger partial charge in [0.2, 0.25) is 0 Å². The Labute approximate surface area is 154 Å². The number of para-hydroxylation sites is 1. The second-order valence-corrected chi connectivity index (χ2v) is 7.06. The molecule has 1 fully saturated rings. The van der Waals surface area contributed by atoms with Gasteiger partial charge in [-0.3, -0.25) is 4.79 Å². The van der Waals surface area contributed by atoms with E-state index < -0.39 is 0 Å². The number of carbonyl (C=O) groups excluding carboxylic acids is 1. The number of amides is 1. The average molecular weight is 357 g/mol. The van der Waals surface area contributed by atoms with Crippen molar-refractivity contribution in [3.63, 3.8) is 0 Å². The number of benzene rings is 1. The summed E-state index contributed by atoms with van der Waals surface area (Å²) in [6.07, 6.45) is 3.75. The summed E-state index contributed by atoms with van der Waals surface area (Å²) in [6, 6.07) is 8.08. The Morgan fingerprint density at radius 1 is 1.35 bits per heavy atom. The molecule has 26 heavy (non-hydrogen) atoms. The molecule has 0 saturated carbocycles. The minimum Gasteiger partial charge on any atom is -0.493 e. The van der Waals surface area contributed by atoms with Crippen LogP contribution in [0.2, 0.25) is 0 Å². The van der Waals surface area contributed by atoms with Crippen LogP contribution in [0, 0.1) is 5.92 Å². The van der Waals surface area contributed by atoms with Crippen LogP contribution in [-0.4, -0.2) is 40.6 Å². The zero-order valence-electron chi connectivity index (χ0n) is 15.4. The van der Waals surface area contributed by atoms with Gasteiger partial charge in [0.05, 0.1) is 18.8 Å². The molecule has 3 rings (SSSR count). The summed E-state index contributed by atoms with van der Waals surface area (Å²) >= 11 is 0. The van der Waals surface area contributed by atoms with Crippen LogP contribution in [0.25, 0.3) is 0 Å². The monoisotopic (exact) mass is 357 g/mol. The number of ether oxygens (including phenoxy) is 1. The van der Waals surface area contributed by atoms with Crippen LogP contribution in [0.3, 0.4) is 0 Å². The molecule has 1 amide bonds. The highest BCUT2D eigenvalue weighted by atomic mass is 16.5. The van der Waals surface area contributed by atoms with E-state index in [4.69, 9.17) is 4.74 Å². The first-order chi connectivity index (χ1) is 12.6. The molecule has 1 aliphatic rings. The van der Waals surface area contributed by atoms with Crippen molar-refractivity contribution < 1.29 is 9.53 Å². The minimum absolute atomic E-state index is 0.219. The van der Waals surface area contributed by atoms with Crippen molar-refractivity contribution in [2.45, 2.75) is 39.3 Å². The fourth-order valence-corrected chi connectivity index (χ4v) is 2.94. The van der Waals surface area contributed by atoms with Gasteiger partial charge in [0, 0.05) is 12.1 Å². The average Bonchev–Trinajstić information content (AvgIpc) is 3.16. The lowest BCUT2D eigenvalue weighted by Crippen LogP contribution is -2.29. The van der Waals surface area contributed by atoms with E-state index in [0.717, 1.165) is 37.2 Å². The first kappa shape index (κ1) is 18.4. The third kappa shape index (κ3) is 4.82. The Morgan fingerprint density at radius 2 is 2.12 bits per heavy atom. The molecule has 1 aliphatic heterocycles. The Kier molecular flexibility index (Phi) is 6.22. The Morgan fingerprint density at radius 3 is 2.88 bits per heavy atom. The Hall–Kier alpha value is -2.41. The van der Waals surface area contributed by atoms with E-state index in [0.29, 0.717) is 30.8 Å². The van der Waals surface area contributed by atoms with Crippen LogP contribution in [0.15, 0.2) is 30.5 Å². The lowest BCUT2D eigenvalue weighted by Gasteiger charge is -2.22. The molecular weight excluding hydrogens is 330 g/mol. The second-order valence-electron chi connectivity index (χ2n) is 7.06. The third-order valence-electron chi connectivity index (χ3n) is 4.41. The molecule has 7 nitrogen and oxygen atoms in total. The van der Waals surface area contributed by atoms with Crippen molar-refractivity contribution in [2.75, 3.05) is 19.7 Å². The SMILES string of the molecule is CC(C)COc1ccccc1CNC(=O)c1cn(C2CCNCC2)nn1. The number of rotatable bonds is 7. The molecule has 0 bridgehead atoms. The fourth-order valence-electron chi connectivity index (χ4n) is 2.94.